The first-order valence-corrected chi connectivity index (χ1v) is 4.88. The molecule has 0 spiro atoms. The van der Waals surface area contributed by atoms with Gasteiger partial charge in [0.15, 0.2) is 17.3 Å². The first-order valence-electron chi connectivity index (χ1n) is 4.44. The highest BCUT2D eigenvalue weighted by molar-refractivity contribution is 6.33. The van der Waals surface area contributed by atoms with Crippen LogP contribution >= 0.6 is 11.6 Å². The van der Waals surface area contributed by atoms with Crippen LogP contribution in [0, 0.1) is 5.82 Å². The van der Waals surface area contributed by atoms with Crippen LogP contribution in [0.2, 0.25) is 0 Å². The van der Waals surface area contributed by atoms with Crippen LogP contribution in [0.5, 0.6) is 5.75 Å². The fourth-order valence-electron chi connectivity index (χ4n) is 1.09. The van der Waals surface area contributed by atoms with Crippen LogP contribution in [-0.4, -0.2) is 17.5 Å². The highest BCUT2D eigenvalue weighted by atomic mass is 35.5. The van der Waals surface area contributed by atoms with E-state index in [1.54, 1.807) is 0 Å². The van der Waals surface area contributed by atoms with E-state index >= 15 is 0 Å². The molecule has 0 aromatic heterocycles. The minimum atomic E-state index is -5.02. The van der Waals surface area contributed by atoms with Crippen molar-refractivity contribution in [3.05, 3.63) is 29.6 Å². The number of Topliss-reactive ketones (excluding diaryl/α,β-unsaturated/α-hetero) is 1. The number of hydrogen-bond acceptors (Lipinski definition) is 2. The van der Waals surface area contributed by atoms with E-state index in [-0.39, 0.29) is 5.56 Å². The van der Waals surface area contributed by atoms with Gasteiger partial charge in [0.25, 0.3) is 0 Å². The largest absolute Gasteiger partial charge is 0.573 e. The Kier molecular flexibility index (Phi) is 3.98. The van der Waals surface area contributed by atoms with E-state index in [4.69, 9.17) is 11.6 Å². The first kappa shape index (κ1) is 13.8. The maximum Gasteiger partial charge on any atom is 0.573 e. The summed E-state index contributed by atoms with van der Waals surface area (Å²) in [6.07, 6.45) is -5.02. The van der Waals surface area contributed by atoms with E-state index in [0.717, 1.165) is 6.07 Å². The second-order valence-corrected chi connectivity index (χ2v) is 3.83. The van der Waals surface area contributed by atoms with Crippen LogP contribution < -0.4 is 4.74 Å². The smallest absolute Gasteiger partial charge is 0.403 e. The zero-order valence-electron chi connectivity index (χ0n) is 8.52. The van der Waals surface area contributed by atoms with E-state index in [1.165, 1.54) is 6.92 Å². The summed E-state index contributed by atoms with van der Waals surface area (Å²) < 4.78 is 52.2. The van der Waals surface area contributed by atoms with E-state index in [1.807, 2.05) is 0 Å². The van der Waals surface area contributed by atoms with Crippen molar-refractivity contribution in [1.82, 2.24) is 0 Å². The fourth-order valence-corrected chi connectivity index (χ4v) is 1.22. The van der Waals surface area contributed by atoms with Gasteiger partial charge >= 0.3 is 6.36 Å². The van der Waals surface area contributed by atoms with Crippen molar-refractivity contribution in [2.75, 3.05) is 0 Å². The third kappa shape index (κ3) is 3.89. The van der Waals surface area contributed by atoms with Gasteiger partial charge in [-0.3, -0.25) is 4.79 Å². The van der Waals surface area contributed by atoms with Crippen molar-refractivity contribution in [3.63, 3.8) is 0 Å². The summed E-state index contributed by atoms with van der Waals surface area (Å²) in [6.45, 7) is 1.36. The van der Waals surface area contributed by atoms with E-state index in [0.29, 0.717) is 12.1 Å². The van der Waals surface area contributed by atoms with Gasteiger partial charge in [0.05, 0.1) is 5.38 Å². The Bertz CT molecular complexity index is 429. The van der Waals surface area contributed by atoms with Gasteiger partial charge in [0.2, 0.25) is 0 Å². The molecule has 0 aliphatic heterocycles. The number of benzene rings is 1. The number of rotatable bonds is 3. The average Bonchev–Trinajstić information content (AvgIpc) is 2.18. The Morgan fingerprint density at radius 3 is 2.47 bits per heavy atom. The molecule has 1 rings (SSSR count). The molecule has 0 aliphatic carbocycles. The van der Waals surface area contributed by atoms with Crippen molar-refractivity contribution in [2.45, 2.75) is 18.7 Å². The summed E-state index contributed by atoms with van der Waals surface area (Å²) in [5.74, 6) is -2.87. The molecule has 0 N–H and O–H groups in total. The lowest BCUT2D eigenvalue weighted by molar-refractivity contribution is -0.275. The lowest BCUT2D eigenvalue weighted by Gasteiger charge is -2.11. The summed E-state index contributed by atoms with van der Waals surface area (Å²) in [6, 6.07) is 2.43. The topological polar surface area (TPSA) is 26.3 Å². The van der Waals surface area contributed by atoms with Gasteiger partial charge < -0.3 is 4.74 Å². The van der Waals surface area contributed by atoms with E-state index in [2.05, 4.69) is 4.74 Å². The highest BCUT2D eigenvalue weighted by Crippen LogP contribution is 2.27. The van der Waals surface area contributed by atoms with Gasteiger partial charge in [-0.05, 0) is 25.1 Å². The molecular formula is C10H7ClF4O2. The molecule has 0 saturated carbocycles. The van der Waals surface area contributed by atoms with Crippen molar-refractivity contribution in [1.29, 1.82) is 0 Å². The van der Waals surface area contributed by atoms with Crippen LogP contribution in [0.3, 0.4) is 0 Å². The predicted octanol–water partition coefficient (Wildman–Crippen LogP) is 3.53. The molecule has 1 aromatic carbocycles. The maximum absolute atomic E-state index is 13.0. The van der Waals surface area contributed by atoms with Crippen LogP contribution in [0.4, 0.5) is 17.6 Å². The summed E-state index contributed by atoms with van der Waals surface area (Å²) in [4.78, 5) is 11.4. The van der Waals surface area contributed by atoms with Gasteiger partial charge in [-0.25, -0.2) is 4.39 Å². The number of ketones is 1. The van der Waals surface area contributed by atoms with E-state index in [9.17, 15) is 22.4 Å². The Hall–Kier alpha value is -1.30. The Morgan fingerprint density at radius 2 is 2.00 bits per heavy atom. The summed E-state index contributed by atoms with van der Waals surface area (Å²) in [7, 11) is 0. The number of halogens is 5. The second kappa shape index (κ2) is 4.91. The molecule has 0 aliphatic rings. The monoisotopic (exact) mass is 270 g/mol. The van der Waals surface area contributed by atoms with Gasteiger partial charge in [0.1, 0.15) is 0 Å². The van der Waals surface area contributed by atoms with Crippen LogP contribution in [0.15, 0.2) is 18.2 Å². The molecule has 1 aromatic rings. The van der Waals surface area contributed by atoms with Gasteiger partial charge in [0, 0.05) is 5.56 Å². The van der Waals surface area contributed by atoms with Gasteiger partial charge in [-0.1, -0.05) is 0 Å². The maximum atomic E-state index is 13.0. The zero-order chi connectivity index (χ0) is 13.2. The standard InChI is InChI=1S/C10H7ClF4O2/c1-5(11)9(16)6-2-3-7(12)8(4-6)17-10(13,14)15/h2-5H,1H3. The summed E-state index contributed by atoms with van der Waals surface area (Å²) in [5, 5.41) is -0.917. The molecule has 0 saturated heterocycles. The van der Waals surface area contributed by atoms with E-state index < -0.39 is 29.1 Å². The SMILES string of the molecule is CC(Cl)C(=O)c1ccc(F)c(OC(F)(F)F)c1. The molecule has 0 radical (unpaired) electrons. The molecule has 1 atom stereocenters. The molecular weight excluding hydrogens is 264 g/mol. The zero-order valence-corrected chi connectivity index (χ0v) is 9.27. The van der Waals surface area contributed by atoms with Gasteiger partial charge in [-0.15, -0.1) is 24.8 Å². The van der Waals surface area contributed by atoms with Crippen molar-refractivity contribution in [2.24, 2.45) is 0 Å². The molecule has 7 heteroatoms. The molecule has 94 valence electrons. The molecule has 0 fully saturated rings. The Balaban J connectivity index is 3.07. The quantitative estimate of drug-likeness (QED) is 0.477. The van der Waals surface area contributed by atoms with Gasteiger partial charge in [-0.2, -0.15) is 0 Å². The Morgan fingerprint density at radius 1 is 1.41 bits per heavy atom. The molecule has 0 amide bonds. The normalized spacial score (nSPS) is 13.3. The predicted molar refractivity (Wildman–Crippen MR) is 52.7 cm³/mol. The Labute approximate surface area is 99.1 Å². The first-order chi connectivity index (χ1) is 7.70. The second-order valence-electron chi connectivity index (χ2n) is 3.17. The molecule has 0 heterocycles. The van der Waals surface area contributed by atoms with Crippen LogP contribution in [0.1, 0.15) is 17.3 Å². The number of ether oxygens (including phenoxy) is 1. The number of alkyl halides is 4. The van der Waals surface area contributed by atoms with Crippen LogP contribution in [-0.2, 0) is 0 Å². The van der Waals surface area contributed by atoms with Crippen molar-refractivity contribution < 1.29 is 27.1 Å². The van der Waals surface area contributed by atoms with Crippen molar-refractivity contribution in [3.8, 4) is 5.75 Å². The third-order valence-electron chi connectivity index (χ3n) is 1.80. The minimum Gasteiger partial charge on any atom is -0.403 e. The van der Waals surface area contributed by atoms with Crippen molar-refractivity contribution >= 4 is 17.4 Å². The number of carbonyl (C=O) groups excluding carboxylic acids is 1. The third-order valence-corrected chi connectivity index (χ3v) is 2.00. The minimum absolute atomic E-state index is 0.145. The molecule has 0 bridgehead atoms. The molecule has 1 unspecified atom stereocenters. The summed E-state index contributed by atoms with van der Waals surface area (Å²) >= 11 is 5.48. The average molecular weight is 271 g/mol. The molecule has 17 heavy (non-hydrogen) atoms. The number of hydrogen-bond donors (Lipinski definition) is 0. The highest BCUT2D eigenvalue weighted by Gasteiger charge is 2.32. The molecule has 2 nitrogen and oxygen atoms in total. The lowest BCUT2D eigenvalue weighted by atomic mass is 10.1. The fraction of sp³-hybridized carbons (Fsp3) is 0.300. The lowest BCUT2D eigenvalue weighted by Crippen LogP contribution is -2.19. The van der Waals surface area contributed by atoms with Crippen LogP contribution in [0.25, 0.3) is 0 Å². The summed E-state index contributed by atoms with van der Waals surface area (Å²) in [5.41, 5.74) is -0.145. The number of carbonyl (C=O) groups is 1.